The zero-order valence-electron chi connectivity index (χ0n) is 44.7. The molecule has 0 spiro atoms. The van der Waals surface area contributed by atoms with Gasteiger partial charge in [0.25, 0.3) is 20.0 Å². The standard InChI is InChI=1S/C56H72N7O9PSi/c1-37(2)40-24-28-45(29-25-40)67-35-47(64)59-54-60-51-48(52(65)61-54)58-36-62(51)53-50(72-74(11,12)55(7,8)9)49(46(70-53)34-69-73(68-33-19-32-57)63(38(3)4)39(5)6)71-56(41-20-15-13-16-21-41,42-22-17-14-18-23-42)43-26-30-44(66-10)31-27-43/h13-18,20-31,36-39,46,49-50,53H,19,33-35H2,1-12H3,(H2,59,60,61,64,65)/t46-,49?,50?,53?,73?/m1/s1. The number of nitrogens with zero attached hydrogens (tertiary/aromatic N) is 5. The van der Waals surface area contributed by atoms with Crippen LogP contribution in [0.15, 0.2) is 120 Å². The summed E-state index contributed by atoms with van der Waals surface area (Å²) < 4.78 is 51.6. The van der Waals surface area contributed by atoms with Crippen LogP contribution in [0.5, 0.6) is 11.5 Å². The lowest BCUT2D eigenvalue weighted by Gasteiger charge is -2.44. The SMILES string of the molecule is COc1ccc(C(OC2C(O[Si](C)(C)C(C)(C)C)C(n3cnc4c(=O)[nH]c(NC(=O)COc5ccc(C(C)C)cc5)nc43)O[C@@H]2COP(OCCC#N)N(C(C)C)C(C)C)(c2ccccc2)c2ccccc2)cc1. The van der Waals surface area contributed by atoms with Crippen molar-refractivity contribution in [2.75, 3.05) is 32.2 Å². The molecule has 1 amide bonds. The van der Waals surface area contributed by atoms with Crippen molar-refractivity contribution in [3.05, 3.63) is 148 Å². The molecule has 3 heterocycles. The van der Waals surface area contributed by atoms with E-state index in [1.54, 1.807) is 11.7 Å². The second-order valence-corrected chi connectivity index (χ2v) is 27.0. The van der Waals surface area contributed by atoms with Crippen molar-refractivity contribution in [3.63, 3.8) is 0 Å². The number of carbonyl (C=O) groups is 1. The average molecular weight is 1050 g/mol. The van der Waals surface area contributed by atoms with E-state index in [1.807, 2.05) is 109 Å². The van der Waals surface area contributed by atoms with E-state index in [2.05, 4.69) is 101 Å². The third-order valence-corrected chi connectivity index (χ3v) is 20.1. The Labute approximate surface area is 437 Å². The van der Waals surface area contributed by atoms with Crippen LogP contribution in [-0.4, -0.2) is 95.7 Å². The summed E-state index contributed by atoms with van der Waals surface area (Å²) in [6.45, 7) is 23.2. The Morgan fingerprint density at radius 2 is 1.46 bits per heavy atom. The highest BCUT2D eigenvalue weighted by atomic mass is 31.2. The number of hydrogen-bond donors (Lipinski definition) is 2. The van der Waals surface area contributed by atoms with Gasteiger partial charge in [0.15, 0.2) is 32.3 Å². The number of rotatable bonds is 23. The number of imidazole rings is 1. The number of carbonyl (C=O) groups excluding carboxylic acids is 1. The number of amides is 1. The van der Waals surface area contributed by atoms with Crippen LogP contribution in [0.2, 0.25) is 18.1 Å². The van der Waals surface area contributed by atoms with Gasteiger partial charge in [0, 0.05) is 12.1 Å². The Kier molecular flexibility index (Phi) is 18.3. The first kappa shape index (κ1) is 55.9. The Hall–Kier alpha value is -5.80. The first-order valence-corrected chi connectivity index (χ1v) is 29.3. The summed E-state index contributed by atoms with van der Waals surface area (Å²) in [6.07, 6.45) is -1.99. The van der Waals surface area contributed by atoms with Gasteiger partial charge in [-0.1, -0.05) is 120 Å². The van der Waals surface area contributed by atoms with Crippen LogP contribution in [0.4, 0.5) is 5.95 Å². The second kappa shape index (κ2) is 24.2. The molecule has 7 rings (SSSR count). The number of aromatic amines is 1. The minimum absolute atomic E-state index is 0.0245. The lowest BCUT2D eigenvalue weighted by atomic mass is 9.79. The quantitative estimate of drug-likeness (QED) is 0.0268. The van der Waals surface area contributed by atoms with Crippen molar-refractivity contribution >= 4 is 39.9 Å². The van der Waals surface area contributed by atoms with Gasteiger partial charge in [0.05, 0.1) is 39.1 Å². The number of methoxy groups -OCH3 is 1. The lowest BCUT2D eigenvalue weighted by Crippen LogP contribution is -2.52. The molecule has 1 aliphatic heterocycles. The Bertz CT molecular complexity index is 2820. The van der Waals surface area contributed by atoms with Crippen LogP contribution in [0.1, 0.15) is 103 Å². The maximum Gasteiger partial charge on any atom is 0.280 e. The van der Waals surface area contributed by atoms with Crippen LogP contribution in [0.25, 0.3) is 11.2 Å². The second-order valence-electron chi connectivity index (χ2n) is 20.8. The average Bonchev–Trinajstić information content (AvgIpc) is 3.94. The molecule has 0 bridgehead atoms. The molecule has 394 valence electrons. The van der Waals surface area contributed by atoms with Crippen molar-refractivity contribution in [2.45, 2.75) is 135 Å². The zero-order chi connectivity index (χ0) is 53.4. The molecule has 0 aliphatic carbocycles. The van der Waals surface area contributed by atoms with Gasteiger partial charge in [0.2, 0.25) is 5.95 Å². The lowest BCUT2D eigenvalue weighted by molar-refractivity contribution is -0.118. The Morgan fingerprint density at radius 1 is 0.865 bits per heavy atom. The monoisotopic (exact) mass is 1050 g/mol. The maximum atomic E-state index is 13.9. The molecule has 4 unspecified atom stereocenters. The fourth-order valence-electron chi connectivity index (χ4n) is 8.82. The van der Waals surface area contributed by atoms with Crippen LogP contribution >= 0.6 is 8.53 Å². The first-order valence-electron chi connectivity index (χ1n) is 25.2. The normalized spacial score (nSPS) is 17.8. The highest BCUT2D eigenvalue weighted by Crippen LogP contribution is 2.51. The molecule has 18 heteroatoms. The molecular formula is C56H72N7O9PSi. The number of H-pyrrole nitrogens is 1. The molecule has 1 fully saturated rings. The molecule has 2 aromatic heterocycles. The molecule has 74 heavy (non-hydrogen) atoms. The number of hydrogen-bond acceptors (Lipinski definition) is 13. The molecular weight excluding hydrogens is 974 g/mol. The summed E-state index contributed by atoms with van der Waals surface area (Å²) in [6, 6.07) is 37.8. The van der Waals surface area contributed by atoms with Gasteiger partial charge in [-0.15, -0.1) is 0 Å². The van der Waals surface area contributed by atoms with Gasteiger partial charge in [-0.05, 0) is 98.3 Å². The van der Waals surface area contributed by atoms with Crippen molar-refractivity contribution in [1.29, 1.82) is 5.26 Å². The highest BCUT2D eigenvalue weighted by molar-refractivity contribution is 7.44. The highest BCUT2D eigenvalue weighted by Gasteiger charge is 2.56. The van der Waals surface area contributed by atoms with Crippen molar-refractivity contribution in [2.24, 2.45) is 0 Å². The largest absolute Gasteiger partial charge is 0.497 e. The zero-order valence-corrected chi connectivity index (χ0v) is 46.6. The Balaban J connectivity index is 1.38. The van der Waals surface area contributed by atoms with E-state index in [0.717, 1.165) is 22.3 Å². The smallest absolute Gasteiger partial charge is 0.280 e. The van der Waals surface area contributed by atoms with Gasteiger partial charge in [0.1, 0.15) is 35.4 Å². The summed E-state index contributed by atoms with van der Waals surface area (Å²) >= 11 is 0. The van der Waals surface area contributed by atoms with E-state index < -0.39 is 58.5 Å². The minimum Gasteiger partial charge on any atom is -0.497 e. The number of anilines is 1. The van der Waals surface area contributed by atoms with E-state index in [0.29, 0.717) is 17.4 Å². The van der Waals surface area contributed by atoms with Crippen LogP contribution in [-0.2, 0) is 33.3 Å². The molecule has 0 radical (unpaired) electrons. The molecule has 5 atom stereocenters. The number of aromatic nitrogens is 4. The van der Waals surface area contributed by atoms with Crippen LogP contribution < -0.4 is 20.3 Å². The number of nitriles is 1. The predicted molar refractivity (Wildman–Crippen MR) is 291 cm³/mol. The molecule has 0 saturated carbocycles. The van der Waals surface area contributed by atoms with Crippen LogP contribution in [0, 0.1) is 11.3 Å². The molecule has 6 aromatic rings. The summed E-state index contributed by atoms with van der Waals surface area (Å²) in [5.41, 5.74) is 1.96. The van der Waals surface area contributed by atoms with E-state index in [1.165, 1.54) is 6.33 Å². The van der Waals surface area contributed by atoms with E-state index >= 15 is 0 Å². The van der Waals surface area contributed by atoms with E-state index in [9.17, 15) is 14.9 Å². The molecule has 1 saturated heterocycles. The fraction of sp³-hybridized carbons (Fsp3) is 0.446. The van der Waals surface area contributed by atoms with E-state index in [-0.39, 0.29) is 60.5 Å². The summed E-state index contributed by atoms with van der Waals surface area (Å²) in [5.74, 6) is 0.913. The van der Waals surface area contributed by atoms with Gasteiger partial charge >= 0.3 is 0 Å². The van der Waals surface area contributed by atoms with Crippen molar-refractivity contribution < 1.29 is 37.2 Å². The fourth-order valence-corrected chi connectivity index (χ4v) is 11.7. The maximum absolute atomic E-state index is 13.9. The third-order valence-electron chi connectivity index (χ3n) is 13.6. The Morgan fingerprint density at radius 3 is 2.01 bits per heavy atom. The van der Waals surface area contributed by atoms with Crippen molar-refractivity contribution in [1.82, 2.24) is 24.2 Å². The minimum atomic E-state index is -2.76. The van der Waals surface area contributed by atoms with Crippen molar-refractivity contribution in [3.8, 4) is 17.6 Å². The van der Waals surface area contributed by atoms with E-state index in [4.69, 9.17) is 37.4 Å². The summed E-state index contributed by atoms with van der Waals surface area (Å²) in [4.78, 5) is 39.4. The van der Waals surface area contributed by atoms with Crippen LogP contribution in [0.3, 0.4) is 0 Å². The van der Waals surface area contributed by atoms with Gasteiger partial charge < -0.3 is 32.4 Å². The number of nitrogens with one attached hydrogen (secondary N) is 2. The molecule has 4 aromatic carbocycles. The van der Waals surface area contributed by atoms with Gasteiger partial charge in [-0.2, -0.15) is 10.2 Å². The molecule has 1 aliphatic rings. The summed E-state index contributed by atoms with van der Waals surface area (Å²) in [5, 5.41) is 12.0. The molecule has 2 N–H and O–H groups in total. The predicted octanol–water partition coefficient (Wildman–Crippen LogP) is 11.2. The first-order chi connectivity index (χ1) is 35.3. The third kappa shape index (κ3) is 12.6. The number of benzene rings is 4. The topological polar surface area (TPSA) is 184 Å². The van der Waals surface area contributed by atoms with Gasteiger partial charge in [-0.25, -0.2) is 9.65 Å². The number of ether oxygens (including phenoxy) is 4. The summed E-state index contributed by atoms with van der Waals surface area (Å²) in [7, 11) is -2.86. The van der Waals surface area contributed by atoms with Gasteiger partial charge in [-0.3, -0.25) is 24.5 Å². The number of fused-ring (bicyclic) bond motifs is 1. The molecule has 16 nitrogen and oxygen atoms in total.